The van der Waals surface area contributed by atoms with E-state index in [1.54, 1.807) is 6.92 Å². The Labute approximate surface area is 85.8 Å². The fourth-order valence-corrected chi connectivity index (χ4v) is 1.07. The van der Waals surface area contributed by atoms with Gasteiger partial charge < -0.3 is 10.5 Å². The molecule has 0 aromatic heterocycles. The zero-order chi connectivity index (χ0) is 11.4. The number of hydrogen-bond acceptors (Lipinski definition) is 2. The van der Waals surface area contributed by atoms with Crippen molar-refractivity contribution in [3.05, 3.63) is 29.8 Å². The fourth-order valence-electron chi connectivity index (χ4n) is 1.07. The first-order valence-electron chi connectivity index (χ1n) is 4.46. The molecule has 0 saturated heterocycles. The highest BCUT2D eigenvalue weighted by atomic mass is 19.2. The highest BCUT2D eigenvalue weighted by molar-refractivity contribution is 5.79. The van der Waals surface area contributed by atoms with E-state index in [0.29, 0.717) is 6.42 Å². The average Bonchev–Trinajstić information content (AvgIpc) is 2.19. The Morgan fingerprint density at radius 1 is 1.53 bits per heavy atom. The van der Waals surface area contributed by atoms with Gasteiger partial charge in [-0.3, -0.25) is 4.79 Å². The second-order valence-corrected chi connectivity index (χ2v) is 2.97. The highest BCUT2D eigenvalue weighted by Gasteiger charge is 2.18. The molecule has 0 aliphatic heterocycles. The number of hydrogen-bond donors (Lipinski definition) is 1. The fraction of sp³-hybridized carbons (Fsp3) is 0.300. The molecule has 0 fully saturated rings. The van der Waals surface area contributed by atoms with Crippen molar-refractivity contribution in [2.24, 2.45) is 5.73 Å². The molecule has 3 nitrogen and oxygen atoms in total. The summed E-state index contributed by atoms with van der Waals surface area (Å²) < 4.78 is 30.8. The molecule has 1 rings (SSSR count). The van der Waals surface area contributed by atoms with E-state index in [0.717, 1.165) is 6.07 Å². The summed E-state index contributed by atoms with van der Waals surface area (Å²) in [6, 6.07) is 3.50. The molecule has 1 amide bonds. The summed E-state index contributed by atoms with van der Waals surface area (Å²) in [5, 5.41) is 0. The minimum atomic E-state index is -1.11. The van der Waals surface area contributed by atoms with Crippen LogP contribution in [0.3, 0.4) is 0 Å². The third-order valence-corrected chi connectivity index (χ3v) is 1.87. The first-order valence-corrected chi connectivity index (χ1v) is 4.46. The number of nitrogens with two attached hydrogens (primary N) is 1. The molecule has 0 heterocycles. The lowest BCUT2D eigenvalue weighted by atomic mass is 10.2. The Bertz CT molecular complexity index is 368. The second-order valence-electron chi connectivity index (χ2n) is 2.97. The summed E-state index contributed by atoms with van der Waals surface area (Å²) in [4.78, 5) is 10.8. The Morgan fingerprint density at radius 3 is 2.73 bits per heavy atom. The molecule has 82 valence electrons. The van der Waals surface area contributed by atoms with Crippen LogP contribution in [-0.4, -0.2) is 12.0 Å². The van der Waals surface area contributed by atoms with E-state index in [1.165, 1.54) is 12.1 Å². The lowest BCUT2D eigenvalue weighted by Gasteiger charge is -2.14. The third-order valence-electron chi connectivity index (χ3n) is 1.87. The number of primary amides is 1. The molecular formula is C10H11F2NO2. The lowest BCUT2D eigenvalue weighted by Crippen LogP contribution is -2.33. The largest absolute Gasteiger partial charge is 0.477 e. The minimum Gasteiger partial charge on any atom is -0.477 e. The molecule has 1 atom stereocenters. The standard InChI is InChI=1S/C10H11F2NO2/c1-2-7(10(13)14)15-8-5-3-4-6(11)9(8)12/h3-5,7H,2H2,1H3,(H2,13,14). The molecule has 5 heteroatoms. The lowest BCUT2D eigenvalue weighted by molar-refractivity contribution is -0.124. The van der Waals surface area contributed by atoms with E-state index in [2.05, 4.69) is 0 Å². The third kappa shape index (κ3) is 2.65. The van der Waals surface area contributed by atoms with Crippen molar-refractivity contribution in [1.29, 1.82) is 0 Å². The molecular weight excluding hydrogens is 204 g/mol. The number of carbonyl (C=O) groups excluding carboxylic acids is 1. The van der Waals surface area contributed by atoms with Crippen LogP contribution in [0.15, 0.2) is 18.2 Å². The van der Waals surface area contributed by atoms with Crippen LogP contribution in [0.25, 0.3) is 0 Å². The molecule has 2 N–H and O–H groups in total. The smallest absolute Gasteiger partial charge is 0.258 e. The van der Waals surface area contributed by atoms with E-state index in [9.17, 15) is 13.6 Å². The number of amides is 1. The SMILES string of the molecule is CCC(Oc1cccc(F)c1F)C(N)=O. The second kappa shape index (κ2) is 4.72. The van der Waals surface area contributed by atoms with Gasteiger partial charge in [-0.15, -0.1) is 0 Å². The predicted octanol–water partition coefficient (Wildman–Crippen LogP) is 1.61. The number of carbonyl (C=O) groups is 1. The molecule has 15 heavy (non-hydrogen) atoms. The number of rotatable bonds is 4. The quantitative estimate of drug-likeness (QED) is 0.829. The Hall–Kier alpha value is -1.65. The first kappa shape index (κ1) is 11.4. The van der Waals surface area contributed by atoms with E-state index in [4.69, 9.17) is 10.5 Å². The van der Waals surface area contributed by atoms with E-state index >= 15 is 0 Å². The molecule has 0 radical (unpaired) electrons. The molecule has 1 unspecified atom stereocenters. The van der Waals surface area contributed by atoms with Gasteiger partial charge in [0, 0.05) is 0 Å². The monoisotopic (exact) mass is 215 g/mol. The molecule has 0 aliphatic carbocycles. The summed E-state index contributed by atoms with van der Waals surface area (Å²) in [7, 11) is 0. The van der Waals surface area contributed by atoms with Crippen LogP contribution in [0.4, 0.5) is 8.78 Å². The summed E-state index contributed by atoms with van der Waals surface area (Å²) in [6.07, 6.45) is -0.646. The van der Waals surface area contributed by atoms with Gasteiger partial charge in [0.2, 0.25) is 5.82 Å². The van der Waals surface area contributed by atoms with Crippen LogP contribution in [-0.2, 0) is 4.79 Å². The Balaban J connectivity index is 2.88. The van der Waals surface area contributed by atoms with Gasteiger partial charge in [0.05, 0.1) is 0 Å². The van der Waals surface area contributed by atoms with Gasteiger partial charge in [-0.25, -0.2) is 4.39 Å². The van der Waals surface area contributed by atoms with Crippen molar-refractivity contribution in [2.75, 3.05) is 0 Å². The summed E-state index contributed by atoms with van der Waals surface area (Å²) in [5.74, 6) is -3.15. The maximum absolute atomic E-state index is 13.1. The Morgan fingerprint density at radius 2 is 2.20 bits per heavy atom. The van der Waals surface area contributed by atoms with E-state index in [-0.39, 0.29) is 5.75 Å². The van der Waals surface area contributed by atoms with Crippen LogP contribution in [0, 0.1) is 11.6 Å². The number of halogens is 2. The van der Waals surface area contributed by atoms with E-state index < -0.39 is 23.6 Å². The first-order chi connectivity index (χ1) is 7.06. The van der Waals surface area contributed by atoms with Gasteiger partial charge in [-0.1, -0.05) is 13.0 Å². The topological polar surface area (TPSA) is 52.3 Å². The maximum Gasteiger partial charge on any atom is 0.258 e. The molecule has 0 spiro atoms. The molecule has 1 aromatic carbocycles. The summed E-state index contributed by atoms with van der Waals surface area (Å²) in [5.41, 5.74) is 5.00. The van der Waals surface area contributed by atoms with Gasteiger partial charge in [0.25, 0.3) is 5.91 Å². The zero-order valence-corrected chi connectivity index (χ0v) is 8.17. The molecule has 0 bridgehead atoms. The number of ether oxygens (including phenoxy) is 1. The van der Waals surface area contributed by atoms with Crippen molar-refractivity contribution >= 4 is 5.91 Å². The molecule has 0 aliphatic rings. The molecule has 0 saturated carbocycles. The van der Waals surface area contributed by atoms with Crippen LogP contribution >= 0.6 is 0 Å². The van der Waals surface area contributed by atoms with Crippen molar-refractivity contribution in [3.63, 3.8) is 0 Å². The summed E-state index contributed by atoms with van der Waals surface area (Å²) >= 11 is 0. The van der Waals surface area contributed by atoms with Gasteiger partial charge in [-0.2, -0.15) is 4.39 Å². The van der Waals surface area contributed by atoms with E-state index in [1.807, 2.05) is 0 Å². The van der Waals surface area contributed by atoms with Crippen molar-refractivity contribution in [2.45, 2.75) is 19.4 Å². The van der Waals surface area contributed by atoms with Crippen LogP contribution in [0.1, 0.15) is 13.3 Å². The van der Waals surface area contributed by atoms with Crippen LogP contribution in [0.2, 0.25) is 0 Å². The predicted molar refractivity (Wildman–Crippen MR) is 50.3 cm³/mol. The van der Waals surface area contributed by atoms with Gasteiger partial charge in [-0.05, 0) is 18.6 Å². The summed E-state index contributed by atoms with van der Waals surface area (Å²) in [6.45, 7) is 1.66. The average molecular weight is 215 g/mol. The van der Waals surface area contributed by atoms with Gasteiger partial charge in [0.1, 0.15) is 0 Å². The zero-order valence-electron chi connectivity index (χ0n) is 8.17. The van der Waals surface area contributed by atoms with Crippen LogP contribution < -0.4 is 10.5 Å². The maximum atomic E-state index is 13.1. The molecule has 1 aromatic rings. The Kier molecular flexibility index (Phi) is 3.60. The van der Waals surface area contributed by atoms with Crippen molar-refractivity contribution in [1.82, 2.24) is 0 Å². The highest BCUT2D eigenvalue weighted by Crippen LogP contribution is 2.20. The minimum absolute atomic E-state index is 0.297. The normalized spacial score (nSPS) is 12.2. The van der Waals surface area contributed by atoms with Crippen molar-refractivity contribution < 1.29 is 18.3 Å². The van der Waals surface area contributed by atoms with Crippen LogP contribution in [0.5, 0.6) is 5.75 Å². The van der Waals surface area contributed by atoms with Gasteiger partial charge >= 0.3 is 0 Å². The number of benzene rings is 1. The van der Waals surface area contributed by atoms with Gasteiger partial charge in [0.15, 0.2) is 17.7 Å². The van der Waals surface area contributed by atoms with Crippen molar-refractivity contribution in [3.8, 4) is 5.75 Å².